The second kappa shape index (κ2) is 6.95. The van der Waals surface area contributed by atoms with Crippen molar-refractivity contribution in [2.75, 3.05) is 26.2 Å². The number of aromatic amines is 1. The molecule has 0 bridgehead atoms. The zero-order valence-electron chi connectivity index (χ0n) is 13.8. The number of ether oxygens (including phenoxy) is 1. The summed E-state index contributed by atoms with van der Waals surface area (Å²) in [5.74, 6) is 0. The molecule has 4 rings (SSSR count). The molecule has 1 aromatic carbocycles. The van der Waals surface area contributed by atoms with Crippen LogP contribution in [0, 0.1) is 0 Å². The molecule has 24 heavy (non-hydrogen) atoms. The minimum absolute atomic E-state index is 0.324. The van der Waals surface area contributed by atoms with Crippen molar-refractivity contribution in [3.05, 3.63) is 42.1 Å². The van der Waals surface area contributed by atoms with Crippen molar-refractivity contribution in [3.8, 4) is 0 Å². The molecule has 0 radical (unpaired) electrons. The van der Waals surface area contributed by atoms with Crippen LogP contribution in [0.3, 0.4) is 0 Å². The van der Waals surface area contributed by atoms with Crippen molar-refractivity contribution < 1.29 is 4.74 Å². The Morgan fingerprint density at radius 2 is 2.29 bits per heavy atom. The van der Waals surface area contributed by atoms with E-state index in [0.29, 0.717) is 6.10 Å². The zero-order valence-corrected chi connectivity index (χ0v) is 14.6. The Bertz CT molecular complexity index is 761. The van der Waals surface area contributed by atoms with Gasteiger partial charge >= 0.3 is 0 Å². The van der Waals surface area contributed by atoms with Crippen LogP contribution < -0.4 is 5.32 Å². The van der Waals surface area contributed by atoms with E-state index >= 15 is 0 Å². The summed E-state index contributed by atoms with van der Waals surface area (Å²) in [6, 6.07) is 8.47. The first kappa shape index (κ1) is 15.7. The van der Waals surface area contributed by atoms with E-state index in [0.717, 1.165) is 44.2 Å². The molecular weight excluding hydrogens is 318 g/mol. The van der Waals surface area contributed by atoms with Gasteiger partial charge in [-0.25, -0.2) is 0 Å². The van der Waals surface area contributed by atoms with Crippen LogP contribution in [0.4, 0.5) is 0 Å². The van der Waals surface area contributed by atoms with Gasteiger partial charge in [-0.05, 0) is 43.1 Å². The minimum Gasteiger partial charge on any atom is -0.376 e. The maximum atomic E-state index is 5.64. The van der Waals surface area contributed by atoms with Gasteiger partial charge in [-0.1, -0.05) is 24.3 Å². The highest BCUT2D eigenvalue weighted by Crippen LogP contribution is 2.29. The van der Waals surface area contributed by atoms with Crippen LogP contribution in [-0.4, -0.2) is 47.3 Å². The third-order valence-electron chi connectivity index (χ3n) is 4.94. The number of thiocarbonyl (C=S) groups is 1. The SMILES string of the molecule is S=C(NCC1CCCO1)N1CC=C(c2c[nH]c3ccccc23)CC1. The Labute approximate surface area is 147 Å². The van der Waals surface area contributed by atoms with Gasteiger partial charge in [0, 0.05) is 48.9 Å². The third-order valence-corrected chi connectivity index (χ3v) is 5.34. The molecule has 3 heterocycles. The smallest absolute Gasteiger partial charge is 0.169 e. The predicted molar refractivity (Wildman–Crippen MR) is 102 cm³/mol. The number of fused-ring (bicyclic) bond motifs is 1. The molecule has 0 spiro atoms. The van der Waals surface area contributed by atoms with E-state index in [1.807, 2.05) is 0 Å². The molecule has 4 nitrogen and oxygen atoms in total. The van der Waals surface area contributed by atoms with Gasteiger partial charge in [0.2, 0.25) is 0 Å². The first-order chi connectivity index (χ1) is 11.8. The lowest BCUT2D eigenvalue weighted by atomic mass is 9.99. The van der Waals surface area contributed by atoms with Gasteiger partial charge in [-0.2, -0.15) is 0 Å². The molecule has 2 aliphatic rings. The van der Waals surface area contributed by atoms with Gasteiger partial charge in [0.25, 0.3) is 0 Å². The van der Waals surface area contributed by atoms with Gasteiger partial charge in [0.15, 0.2) is 5.11 Å². The molecule has 0 amide bonds. The first-order valence-corrected chi connectivity index (χ1v) is 9.12. The van der Waals surface area contributed by atoms with E-state index < -0.39 is 0 Å². The van der Waals surface area contributed by atoms with Crippen molar-refractivity contribution in [1.82, 2.24) is 15.2 Å². The number of nitrogens with zero attached hydrogens (tertiary/aromatic N) is 1. The number of hydrogen-bond donors (Lipinski definition) is 2. The Kier molecular flexibility index (Phi) is 4.54. The molecule has 2 N–H and O–H groups in total. The van der Waals surface area contributed by atoms with E-state index in [-0.39, 0.29) is 0 Å². The second-order valence-electron chi connectivity index (χ2n) is 6.49. The summed E-state index contributed by atoms with van der Waals surface area (Å²) in [6.45, 7) is 3.54. The molecule has 2 aromatic rings. The Morgan fingerprint density at radius 1 is 1.38 bits per heavy atom. The molecule has 1 saturated heterocycles. The maximum absolute atomic E-state index is 5.64. The summed E-state index contributed by atoms with van der Waals surface area (Å²) < 4.78 is 5.64. The maximum Gasteiger partial charge on any atom is 0.169 e. The molecule has 1 unspecified atom stereocenters. The average Bonchev–Trinajstić information content (AvgIpc) is 3.29. The predicted octanol–water partition coefficient (Wildman–Crippen LogP) is 3.31. The summed E-state index contributed by atoms with van der Waals surface area (Å²) in [5, 5.41) is 5.52. The van der Waals surface area contributed by atoms with Crippen molar-refractivity contribution in [3.63, 3.8) is 0 Å². The molecule has 0 saturated carbocycles. The molecular formula is C19H23N3OS. The molecule has 1 aromatic heterocycles. The van der Waals surface area contributed by atoms with E-state index in [1.54, 1.807) is 0 Å². The van der Waals surface area contributed by atoms with Crippen LogP contribution in [0.15, 0.2) is 36.5 Å². The summed E-state index contributed by atoms with van der Waals surface area (Å²) in [7, 11) is 0. The van der Waals surface area contributed by atoms with E-state index in [2.05, 4.69) is 51.7 Å². The van der Waals surface area contributed by atoms with Crippen LogP contribution >= 0.6 is 12.2 Å². The quantitative estimate of drug-likeness (QED) is 0.841. The van der Waals surface area contributed by atoms with Crippen molar-refractivity contribution in [2.45, 2.75) is 25.4 Å². The monoisotopic (exact) mass is 341 g/mol. The molecule has 1 atom stereocenters. The van der Waals surface area contributed by atoms with Crippen LogP contribution in [0.1, 0.15) is 24.8 Å². The fraction of sp³-hybridized carbons (Fsp3) is 0.421. The molecule has 5 heteroatoms. The number of nitrogens with one attached hydrogen (secondary N) is 2. The van der Waals surface area contributed by atoms with Gasteiger partial charge in [0.1, 0.15) is 0 Å². The largest absolute Gasteiger partial charge is 0.376 e. The first-order valence-electron chi connectivity index (χ1n) is 8.71. The zero-order chi connectivity index (χ0) is 16.4. The van der Waals surface area contributed by atoms with E-state index in [9.17, 15) is 0 Å². The van der Waals surface area contributed by atoms with Crippen LogP contribution in [0.2, 0.25) is 0 Å². The normalized spacial score (nSPS) is 21.1. The van der Waals surface area contributed by atoms with Crippen molar-refractivity contribution >= 4 is 33.8 Å². The van der Waals surface area contributed by atoms with Crippen LogP contribution in [0.25, 0.3) is 16.5 Å². The molecule has 0 aliphatic carbocycles. The lowest BCUT2D eigenvalue weighted by Crippen LogP contribution is -2.44. The highest BCUT2D eigenvalue weighted by Gasteiger charge is 2.19. The lowest BCUT2D eigenvalue weighted by molar-refractivity contribution is 0.113. The van der Waals surface area contributed by atoms with Gasteiger partial charge < -0.3 is 19.9 Å². The second-order valence-corrected chi connectivity index (χ2v) is 6.88. The van der Waals surface area contributed by atoms with E-state index in [4.69, 9.17) is 17.0 Å². The average molecular weight is 341 g/mol. The summed E-state index contributed by atoms with van der Waals surface area (Å²) >= 11 is 5.55. The standard InChI is InChI=1S/C19H23N3OS/c24-19(21-12-15-4-3-11-23-15)22-9-7-14(8-10-22)17-13-20-18-6-2-1-5-16(17)18/h1-2,5-7,13,15,20H,3-4,8-12H2,(H,21,24). The van der Waals surface area contributed by atoms with Gasteiger partial charge in [-0.15, -0.1) is 0 Å². The highest BCUT2D eigenvalue weighted by atomic mass is 32.1. The fourth-order valence-corrected chi connectivity index (χ4v) is 3.80. The summed E-state index contributed by atoms with van der Waals surface area (Å²) in [5.41, 5.74) is 3.93. The van der Waals surface area contributed by atoms with E-state index in [1.165, 1.54) is 28.5 Å². The van der Waals surface area contributed by atoms with Crippen molar-refractivity contribution in [1.29, 1.82) is 0 Å². The number of aromatic nitrogens is 1. The molecule has 2 aliphatic heterocycles. The Balaban J connectivity index is 1.38. The van der Waals surface area contributed by atoms with Crippen LogP contribution in [-0.2, 0) is 4.74 Å². The summed E-state index contributed by atoms with van der Waals surface area (Å²) in [4.78, 5) is 5.60. The van der Waals surface area contributed by atoms with Gasteiger partial charge in [0.05, 0.1) is 6.10 Å². The third kappa shape index (κ3) is 3.19. The van der Waals surface area contributed by atoms with Gasteiger partial charge in [-0.3, -0.25) is 0 Å². The van der Waals surface area contributed by atoms with Crippen molar-refractivity contribution in [2.24, 2.45) is 0 Å². The number of rotatable bonds is 3. The topological polar surface area (TPSA) is 40.3 Å². The minimum atomic E-state index is 0.324. The highest BCUT2D eigenvalue weighted by molar-refractivity contribution is 7.80. The number of benzene rings is 1. The fourth-order valence-electron chi connectivity index (χ4n) is 3.55. The Morgan fingerprint density at radius 3 is 3.08 bits per heavy atom. The molecule has 126 valence electrons. The number of hydrogen-bond acceptors (Lipinski definition) is 2. The lowest BCUT2D eigenvalue weighted by Gasteiger charge is -2.29. The molecule has 1 fully saturated rings. The Hall–Kier alpha value is -1.85. The van der Waals surface area contributed by atoms with Crippen LogP contribution in [0.5, 0.6) is 0 Å². The summed E-state index contributed by atoms with van der Waals surface area (Å²) in [6.07, 6.45) is 8.08. The number of para-hydroxylation sites is 1. The number of H-pyrrole nitrogens is 1.